The predicted octanol–water partition coefficient (Wildman–Crippen LogP) is 3.09. The molecule has 6 nitrogen and oxygen atoms in total. The zero-order valence-electron chi connectivity index (χ0n) is 13.3. The van der Waals surface area contributed by atoms with E-state index in [1.807, 2.05) is 23.6 Å². The second-order valence-corrected chi connectivity index (χ2v) is 8.34. The molecule has 3 aromatic rings. The summed E-state index contributed by atoms with van der Waals surface area (Å²) in [5.41, 5.74) is 1.24. The Labute approximate surface area is 149 Å². The van der Waals surface area contributed by atoms with Crippen molar-refractivity contribution in [2.24, 2.45) is 0 Å². The number of nitrogens with zero attached hydrogens (tertiary/aromatic N) is 3. The molecule has 8 heteroatoms. The number of hydrogen-bond acceptors (Lipinski definition) is 7. The van der Waals surface area contributed by atoms with Gasteiger partial charge in [-0.25, -0.2) is 18.4 Å². The van der Waals surface area contributed by atoms with Gasteiger partial charge in [-0.2, -0.15) is 5.26 Å². The van der Waals surface area contributed by atoms with Gasteiger partial charge in [-0.3, -0.25) is 0 Å². The number of thiophene rings is 1. The average Bonchev–Trinajstić information content (AvgIpc) is 3.12. The number of nitrogens with one attached hydrogen (secondary N) is 1. The highest BCUT2D eigenvalue weighted by molar-refractivity contribution is 7.90. The maximum atomic E-state index is 11.6. The van der Waals surface area contributed by atoms with Crippen LogP contribution in [0.3, 0.4) is 0 Å². The van der Waals surface area contributed by atoms with Crippen LogP contribution in [0.2, 0.25) is 0 Å². The van der Waals surface area contributed by atoms with Crippen LogP contribution < -0.4 is 5.32 Å². The highest BCUT2D eigenvalue weighted by atomic mass is 32.2. The van der Waals surface area contributed by atoms with Gasteiger partial charge in [-0.15, -0.1) is 11.3 Å². The molecule has 3 rings (SSSR count). The molecule has 2 aromatic heterocycles. The summed E-state index contributed by atoms with van der Waals surface area (Å²) in [4.78, 5) is 9.98. The number of nitriles is 1. The van der Waals surface area contributed by atoms with E-state index in [4.69, 9.17) is 0 Å². The van der Waals surface area contributed by atoms with Crippen LogP contribution in [0.1, 0.15) is 10.6 Å². The summed E-state index contributed by atoms with van der Waals surface area (Å²) in [6, 6.07) is 12.3. The third-order valence-electron chi connectivity index (χ3n) is 3.46. The maximum Gasteiger partial charge on any atom is 0.175 e. The molecule has 0 saturated heterocycles. The first kappa shape index (κ1) is 17.1. The minimum atomic E-state index is -3.27. The summed E-state index contributed by atoms with van der Waals surface area (Å²) in [6.07, 6.45) is 2.66. The third-order valence-corrected chi connectivity index (χ3v) is 5.46. The topological polar surface area (TPSA) is 95.7 Å². The lowest BCUT2D eigenvalue weighted by Crippen LogP contribution is -2.03. The molecule has 0 atom stereocenters. The summed E-state index contributed by atoms with van der Waals surface area (Å²) >= 11 is 1.63. The third kappa shape index (κ3) is 4.02. The molecule has 0 fully saturated rings. The molecule has 0 unspecified atom stereocenters. The van der Waals surface area contributed by atoms with Crippen LogP contribution in [0.5, 0.6) is 0 Å². The highest BCUT2D eigenvalue weighted by Gasteiger charge is 2.12. The molecule has 0 aliphatic heterocycles. The molecule has 0 amide bonds. The van der Waals surface area contributed by atoms with Crippen molar-refractivity contribution in [3.63, 3.8) is 0 Å². The van der Waals surface area contributed by atoms with E-state index >= 15 is 0 Å². The molecule has 126 valence electrons. The summed E-state index contributed by atoms with van der Waals surface area (Å²) in [5.74, 6) is 0.551. The Kier molecular flexibility index (Phi) is 4.79. The Morgan fingerprint density at radius 2 is 2.00 bits per heavy atom. The molecular weight excluding hydrogens is 356 g/mol. The van der Waals surface area contributed by atoms with E-state index < -0.39 is 9.84 Å². The zero-order chi connectivity index (χ0) is 17.9. The summed E-state index contributed by atoms with van der Waals surface area (Å²) in [7, 11) is -3.27. The van der Waals surface area contributed by atoms with Crippen molar-refractivity contribution < 1.29 is 8.42 Å². The van der Waals surface area contributed by atoms with Crippen molar-refractivity contribution >= 4 is 27.0 Å². The number of benzene rings is 1. The second kappa shape index (κ2) is 7.01. The van der Waals surface area contributed by atoms with Crippen LogP contribution in [0, 0.1) is 11.3 Å². The average molecular weight is 370 g/mol. The minimum Gasteiger partial charge on any atom is -0.364 e. The Morgan fingerprint density at radius 1 is 1.24 bits per heavy atom. The monoisotopic (exact) mass is 370 g/mol. The smallest absolute Gasteiger partial charge is 0.175 e. The van der Waals surface area contributed by atoms with Gasteiger partial charge in [0.1, 0.15) is 17.6 Å². The fourth-order valence-electron chi connectivity index (χ4n) is 2.21. The zero-order valence-corrected chi connectivity index (χ0v) is 14.9. The first-order valence-corrected chi connectivity index (χ1v) is 10.1. The molecule has 0 aliphatic rings. The van der Waals surface area contributed by atoms with Crippen LogP contribution in [0.4, 0.5) is 5.82 Å². The first-order valence-electron chi connectivity index (χ1n) is 7.31. The van der Waals surface area contributed by atoms with Gasteiger partial charge >= 0.3 is 0 Å². The van der Waals surface area contributed by atoms with Crippen molar-refractivity contribution in [1.82, 2.24) is 9.97 Å². The van der Waals surface area contributed by atoms with E-state index in [1.165, 1.54) is 18.3 Å². The van der Waals surface area contributed by atoms with E-state index in [2.05, 4.69) is 15.3 Å². The van der Waals surface area contributed by atoms with Crippen molar-refractivity contribution in [3.8, 4) is 17.3 Å². The van der Waals surface area contributed by atoms with Gasteiger partial charge < -0.3 is 5.32 Å². The minimum absolute atomic E-state index is 0.189. The second-order valence-electron chi connectivity index (χ2n) is 5.29. The molecule has 0 aliphatic carbocycles. The van der Waals surface area contributed by atoms with E-state index in [1.54, 1.807) is 23.5 Å². The Hall–Kier alpha value is -2.76. The summed E-state index contributed by atoms with van der Waals surface area (Å²) < 4.78 is 23.1. The predicted molar refractivity (Wildman–Crippen MR) is 96.9 cm³/mol. The van der Waals surface area contributed by atoms with Gasteiger partial charge in [0.15, 0.2) is 15.5 Å². The molecular formula is C17H14N4O2S2. The van der Waals surface area contributed by atoms with Gasteiger partial charge in [-0.1, -0.05) is 18.2 Å². The number of hydrogen-bond donors (Lipinski definition) is 1. The molecule has 1 aromatic carbocycles. The van der Waals surface area contributed by atoms with Crippen LogP contribution in [0.15, 0.2) is 52.9 Å². The number of rotatable bonds is 5. The van der Waals surface area contributed by atoms with Gasteiger partial charge in [0, 0.05) is 16.7 Å². The van der Waals surface area contributed by atoms with E-state index in [0.717, 1.165) is 11.1 Å². The van der Waals surface area contributed by atoms with Crippen molar-refractivity contribution in [3.05, 3.63) is 58.5 Å². The van der Waals surface area contributed by atoms with Gasteiger partial charge in [-0.05, 0) is 23.6 Å². The Balaban J connectivity index is 1.91. The van der Waals surface area contributed by atoms with E-state index in [9.17, 15) is 13.7 Å². The lowest BCUT2D eigenvalue weighted by Gasteiger charge is -2.08. The Bertz CT molecular complexity index is 1020. The van der Waals surface area contributed by atoms with Crippen LogP contribution >= 0.6 is 11.3 Å². The molecule has 0 saturated carbocycles. The van der Waals surface area contributed by atoms with Gasteiger partial charge in [0.25, 0.3) is 0 Å². The molecule has 0 bridgehead atoms. The number of aromatic nitrogens is 2. The first-order chi connectivity index (χ1) is 12.0. The fourth-order valence-corrected chi connectivity index (χ4v) is 3.48. The molecule has 2 heterocycles. The quantitative estimate of drug-likeness (QED) is 0.741. The maximum absolute atomic E-state index is 11.6. The highest BCUT2D eigenvalue weighted by Crippen LogP contribution is 2.23. The SMILES string of the molecule is CS(=O)(=O)c1ccc(-c2nc(NCc3cccs3)cnc2C#N)cc1. The van der Waals surface area contributed by atoms with Crippen LogP contribution in [0.25, 0.3) is 11.3 Å². The fraction of sp³-hybridized carbons (Fsp3) is 0.118. The van der Waals surface area contributed by atoms with Crippen LogP contribution in [-0.2, 0) is 16.4 Å². The lowest BCUT2D eigenvalue weighted by atomic mass is 10.1. The molecule has 1 N–H and O–H groups in total. The largest absolute Gasteiger partial charge is 0.364 e. The van der Waals surface area contributed by atoms with E-state index in [0.29, 0.717) is 23.6 Å². The molecule has 0 radical (unpaired) electrons. The van der Waals surface area contributed by atoms with Gasteiger partial charge in [0.2, 0.25) is 0 Å². The number of sulfone groups is 1. The standard InChI is InChI=1S/C17H14N4O2S2/c1-25(22,23)14-6-4-12(5-7-14)17-15(9-18)19-11-16(21-17)20-10-13-3-2-8-24-13/h2-8,11H,10H2,1H3,(H,20,21). The normalized spacial score (nSPS) is 11.0. The molecule has 25 heavy (non-hydrogen) atoms. The van der Waals surface area contributed by atoms with Crippen molar-refractivity contribution in [2.45, 2.75) is 11.4 Å². The van der Waals surface area contributed by atoms with Crippen molar-refractivity contribution in [1.29, 1.82) is 5.26 Å². The Morgan fingerprint density at radius 3 is 2.60 bits per heavy atom. The van der Waals surface area contributed by atoms with Crippen LogP contribution in [-0.4, -0.2) is 24.6 Å². The van der Waals surface area contributed by atoms with Gasteiger partial charge in [0.05, 0.1) is 17.6 Å². The lowest BCUT2D eigenvalue weighted by molar-refractivity contribution is 0.602. The molecule has 0 spiro atoms. The summed E-state index contributed by atoms with van der Waals surface area (Å²) in [5, 5.41) is 14.4. The number of anilines is 1. The van der Waals surface area contributed by atoms with E-state index in [-0.39, 0.29) is 10.6 Å². The summed E-state index contributed by atoms with van der Waals surface area (Å²) in [6.45, 7) is 0.616. The van der Waals surface area contributed by atoms with Crippen molar-refractivity contribution in [2.75, 3.05) is 11.6 Å².